The first-order valence-corrected chi connectivity index (χ1v) is 9.05. The molecule has 0 N–H and O–H groups in total. The monoisotopic (exact) mass is 355 g/mol. The number of aromatic nitrogens is 1. The Balaban J connectivity index is 1.76. The van der Waals surface area contributed by atoms with E-state index in [1.807, 2.05) is 13.0 Å². The molecular formula is C19H17NO4S. The van der Waals surface area contributed by atoms with Crippen molar-refractivity contribution in [3.8, 4) is 17.4 Å². The molecule has 6 heteroatoms. The van der Waals surface area contributed by atoms with Crippen LogP contribution in [0.5, 0.6) is 17.4 Å². The summed E-state index contributed by atoms with van der Waals surface area (Å²) in [7, 11) is -3.89. The molecule has 0 atom stereocenters. The van der Waals surface area contributed by atoms with Crippen molar-refractivity contribution in [2.75, 3.05) is 0 Å². The Kier molecular flexibility index (Phi) is 4.72. The molecule has 0 spiro atoms. The van der Waals surface area contributed by atoms with E-state index in [-0.39, 0.29) is 10.6 Å². The van der Waals surface area contributed by atoms with Crippen LogP contribution in [-0.2, 0) is 10.1 Å². The molecule has 25 heavy (non-hydrogen) atoms. The predicted molar refractivity (Wildman–Crippen MR) is 94.5 cm³/mol. The van der Waals surface area contributed by atoms with Gasteiger partial charge in [0.2, 0.25) is 5.88 Å². The van der Waals surface area contributed by atoms with Crippen LogP contribution in [0.25, 0.3) is 0 Å². The molecule has 0 fully saturated rings. The van der Waals surface area contributed by atoms with Gasteiger partial charge in [0.25, 0.3) is 0 Å². The fourth-order valence-corrected chi connectivity index (χ4v) is 3.49. The smallest absolute Gasteiger partial charge is 0.339 e. The van der Waals surface area contributed by atoms with Gasteiger partial charge in [0.05, 0.1) is 0 Å². The molecule has 0 aliphatic carbocycles. The number of pyridine rings is 1. The maximum Gasteiger partial charge on any atom is 0.339 e. The van der Waals surface area contributed by atoms with Crippen LogP contribution in [-0.4, -0.2) is 13.4 Å². The van der Waals surface area contributed by atoms with E-state index in [9.17, 15) is 8.42 Å². The fourth-order valence-electron chi connectivity index (χ4n) is 2.34. The number of ether oxygens (including phenoxy) is 1. The fraction of sp³-hybridized carbons (Fsp3) is 0.105. The molecule has 2 aromatic carbocycles. The molecule has 3 rings (SSSR count). The predicted octanol–water partition coefficient (Wildman–Crippen LogP) is 4.26. The maximum absolute atomic E-state index is 12.4. The van der Waals surface area contributed by atoms with Gasteiger partial charge in [-0.15, -0.1) is 0 Å². The summed E-state index contributed by atoms with van der Waals surface area (Å²) in [5, 5.41) is 0. The summed E-state index contributed by atoms with van der Waals surface area (Å²) in [5.74, 6) is 1.21. The van der Waals surface area contributed by atoms with Crippen molar-refractivity contribution in [2.24, 2.45) is 0 Å². The Bertz CT molecular complexity index is 968. The molecule has 5 nitrogen and oxygen atoms in total. The van der Waals surface area contributed by atoms with Crippen molar-refractivity contribution in [3.05, 3.63) is 78.0 Å². The molecule has 128 valence electrons. The van der Waals surface area contributed by atoms with Crippen LogP contribution in [0.4, 0.5) is 0 Å². The van der Waals surface area contributed by atoms with Crippen LogP contribution in [0.1, 0.15) is 11.1 Å². The van der Waals surface area contributed by atoms with Crippen LogP contribution in [0.3, 0.4) is 0 Å². The Morgan fingerprint density at radius 1 is 0.880 bits per heavy atom. The summed E-state index contributed by atoms with van der Waals surface area (Å²) < 4.78 is 35.7. The minimum atomic E-state index is -3.89. The van der Waals surface area contributed by atoms with E-state index in [1.54, 1.807) is 67.7 Å². The van der Waals surface area contributed by atoms with Crippen LogP contribution >= 0.6 is 0 Å². The lowest BCUT2D eigenvalue weighted by Gasteiger charge is -2.10. The average Bonchev–Trinajstić information content (AvgIpc) is 2.57. The van der Waals surface area contributed by atoms with Gasteiger partial charge in [-0.05, 0) is 55.8 Å². The van der Waals surface area contributed by atoms with Gasteiger partial charge in [-0.25, -0.2) is 4.98 Å². The minimum absolute atomic E-state index is 0.159. The van der Waals surface area contributed by atoms with Gasteiger partial charge in [0.15, 0.2) is 0 Å². The van der Waals surface area contributed by atoms with Gasteiger partial charge in [0, 0.05) is 12.3 Å². The molecule has 0 aliphatic rings. The molecule has 0 unspecified atom stereocenters. The number of hydrogen-bond acceptors (Lipinski definition) is 5. The number of nitrogens with zero attached hydrogens (tertiary/aromatic N) is 1. The molecule has 1 heterocycles. The van der Waals surface area contributed by atoms with Crippen LogP contribution < -0.4 is 8.92 Å². The lowest BCUT2D eigenvalue weighted by atomic mass is 10.2. The summed E-state index contributed by atoms with van der Waals surface area (Å²) in [6.45, 7) is 3.65. The van der Waals surface area contributed by atoms with Crippen molar-refractivity contribution in [1.82, 2.24) is 4.98 Å². The maximum atomic E-state index is 12.4. The van der Waals surface area contributed by atoms with Crippen LogP contribution in [0, 0.1) is 13.8 Å². The Labute approximate surface area is 147 Å². The lowest BCUT2D eigenvalue weighted by Crippen LogP contribution is -2.11. The van der Waals surface area contributed by atoms with Gasteiger partial charge < -0.3 is 8.92 Å². The average molecular weight is 355 g/mol. The summed E-state index contributed by atoms with van der Waals surface area (Å²) in [6.07, 6.45) is 1.63. The van der Waals surface area contributed by atoms with Gasteiger partial charge in [-0.3, -0.25) is 0 Å². The Morgan fingerprint density at radius 2 is 1.60 bits per heavy atom. The Hall–Kier alpha value is -2.86. The summed E-state index contributed by atoms with van der Waals surface area (Å²) >= 11 is 0. The number of rotatable bonds is 5. The lowest BCUT2D eigenvalue weighted by molar-refractivity contribution is 0.459. The van der Waals surface area contributed by atoms with Crippen LogP contribution in [0.2, 0.25) is 0 Å². The van der Waals surface area contributed by atoms with Gasteiger partial charge >= 0.3 is 10.1 Å². The van der Waals surface area contributed by atoms with Gasteiger partial charge in [-0.2, -0.15) is 8.42 Å². The number of hydrogen-bond donors (Lipinski definition) is 0. The molecule has 0 bridgehead atoms. The zero-order valence-corrected chi connectivity index (χ0v) is 14.7. The van der Waals surface area contributed by atoms with Crippen molar-refractivity contribution in [1.29, 1.82) is 0 Å². The van der Waals surface area contributed by atoms with Crippen molar-refractivity contribution in [2.45, 2.75) is 18.7 Å². The largest absolute Gasteiger partial charge is 0.439 e. The van der Waals surface area contributed by atoms with E-state index < -0.39 is 10.1 Å². The highest BCUT2D eigenvalue weighted by Gasteiger charge is 2.19. The zero-order chi connectivity index (χ0) is 17.9. The third kappa shape index (κ3) is 4.16. The van der Waals surface area contributed by atoms with E-state index in [2.05, 4.69) is 4.98 Å². The third-order valence-corrected chi connectivity index (χ3v) is 4.90. The summed E-state index contributed by atoms with van der Waals surface area (Å²) in [6, 6.07) is 16.8. The highest BCUT2D eigenvalue weighted by atomic mass is 32.2. The second kappa shape index (κ2) is 6.94. The molecule has 0 saturated carbocycles. The first kappa shape index (κ1) is 17.0. The Morgan fingerprint density at radius 3 is 2.24 bits per heavy atom. The second-order valence-electron chi connectivity index (χ2n) is 5.55. The molecule has 0 radical (unpaired) electrons. The minimum Gasteiger partial charge on any atom is -0.439 e. The van der Waals surface area contributed by atoms with Crippen LogP contribution in [0.15, 0.2) is 71.8 Å². The van der Waals surface area contributed by atoms with E-state index >= 15 is 0 Å². The normalized spacial score (nSPS) is 11.1. The SMILES string of the molecule is Cc1ccc(S(=O)(=O)Oc2ccc(Oc3ccccn3)cc2)c(C)c1. The molecule has 0 amide bonds. The van der Waals surface area contributed by atoms with Crippen molar-refractivity contribution in [3.63, 3.8) is 0 Å². The number of aryl methyl sites for hydroxylation is 2. The van der Waals surface area contributed by atoms with E-state index in [0.717, 1.165) is 5.56 Å². The second-order valence-corrected chi connectivity index (χ2v) is 7.06. The topological polar surface area (TPSA) is 65.5 Å². The molecular weight excluding hydrogens is 338 g/mol. The zero-order valence-electron chi connectivity index (χ0n) is 13.8. The molecule has 0 aliphatic heterocycles. The van der Waals surface area contributed by atoms with Crippen molar-refractivity contribution >= 4 is 10.1 Å². The summed E-state index contributed by atoms with van der Waals surface area (Å²) in [5.41, 5.74) is 1.64. The van der Waals surface area contributed by atoms with E-state index in [4.69, 9.17) is 8.92 Å². The first-order valence-electron chi connectivity index (χ1n) is 7.65. The van der Waals surface area contributed by atoms with Crippen molar-refractivity contribution < 1.29 is 17.3 Å². The highest BCUT2D eigenvalue weighted by Crippen LogP contribution is 2.25. The summed E-state index contributed by atoms with van der Waals surface area (Å²) in [4.78, 5) is 4.22. The first-order chi connectivity index (χ1) is 11.9. The quantitative estimate of drug-likeness (QED) is 0.640. The van der Waals surface area contributed by atoms with E-state index in [1.165, 1.54) is 0 Å². The van der Waals surface area contributed by atoms with Gasteiger partial charge in [-0.1, -0.05) is 23.8 Å². The number of benzene rings is 2. The molecule has 0 saturated heterocycles. The molecule has 3 aromatic rings. The van der Waals surface area contributed by atoms with Gasteiger partial charge in [0.1, 0.15) is 16.4 Å². The molecule has 1 aromatic heterocycles. The van der Waals surface area contributed by atoms with E-state index in [0.29, 0.717) is 17.2 Å². The highest BCUT2D eigenvalue weighted by molar-refractivity contribution is 7.87. The standard InChI is InChI=1S/C19H17NO4S/c1-14-6-11-18(15(2)13-14)25(21,22)24-17-9-7-16(8-10-17)23-19-5-3-4-12-20-19/h3-13H,1-2H3. The third-order valence-electron chi connectivity index (χ3n) is 3.49.